The van der Waals surface area contributed by atoms with Crippen LogP contribution in [0.15, 0.2) is 18.2 Å². The maximum Gasteiger partial charge on any atom is 0.306 e. The molecular formula is C12H14O3. The van der Waals surface area contributed by atoms with E-state index in [0.717, 1.165) is 24.0 Å². The van der Waals surface area contributed by atoms with Gasteiger partial charge in [-0.05, 0) is 42.0 Å². The summed E-state index contributed by atoms with van der Waals surface area (Å²) in [6.07, 6.45) is 1.73. The van der Waals surface area contributed by atoms with E-state index in [-0.39, 0.29) is 17.6 Å². The molecule has 1 aliphatic carbocycles. The monoisotopic (exact) mass is 206 g/mol. The van der Waals surface area contributed by atoms with Gasteiger partial charge in [0.25, 0.3) is 0 Å². The van der Waals surface area contributed by atoms with Crippen LogP contribution in [0.5, 0.6) is 5.75 Å². The number of carboxylic acids is 1. The molecule has 3 nitrogen and oxygen atoms in total. The molecule has 0 saturated heterocycles. The highest BCUT2D eigenvalue weighted by Gasteiger charge is 2.31. The zero-order valence-electron chi connectivity index (χ0n) is 8.60. The SMILES string of the molecule is CC(C(=O)O)C1CCc2cc(O)ccc21. The molecule has 1 aromatic carbocycles. The van der Waals surface area contributed by atoms with Gasteiger partial charge < -0.3 is 10.2 Å². The third-order valence-electron chi connectivity index (χ3n) is 3.24. The maximum absolute atomic E-state index is 10.9. The lowest BCUT2D eigenvalue weighted by molar-refractivity contribution is -0.141. The molecule has 3 heteroatoms. The van der Waals surface area contributed by atoms with Crippen LogP contribution in [0.3, 0.4) is 0 Å². The molecule has 0 aliphatic heterocycles. The number of phenols is 1. The second-order valence-corrected chi connectivity index (χ2v) is 4.16. The summed E-state index contributed by atoms with van der Waals surface area (Å²) in [4.78, 5) is 10.9. The van der Waals surface area contributed by atoms with Crippen molar-refractivity contribution in [1.82, 2.24) is 0 Å². The fourth-order valence-electron chi connectivity index (χ4n) is 2.33. The van der Waals surface area contributed by atoms with Gasteiger partial charge in [0.1, 0.15) is 5.75 Å². The second kappa shape index (κ2) is 3.57. The molecule has 2 N–H and O–H groups in total. The predicted molar refractivity (Wildman–Crippen MR) is 56.0 cm³/mol. The third kappa shape index (κ3) is 1.69. The molecule has 0 aromatic heterocycles. The molecule has 2 atom stereocenters. The van der Waals surface area contributed by atoms with Crippen molar-refractivity contribution < 1.29 is 15.0 Å². The van der Waals surface area contributed by atoms with Crippen LogP contribution in [0.4, 0.5) is 0 Å². The zero-order chi connectivity index (χ0) is 11.0. The first-order valence-electron chi connectivity index (χ1n) is 5.14. The molecule has 0 bridgehead atoms. The molecule has 15 heavy (non-hydrogen) atoms. The Labute approximate surface area is 88.4 Å². The lowest BCUT2D eigenvalue weighted by Crippen LogP contribution is -2.17. The van der Waals surface area contributed by atoms with E-state index < -0.39 is 5.97 Å². The zero-order valence-corrected chi connectivity index (χ0v) is 8.60. The molecule has 2 unspecified atom stereocenters. The number of hydrogen-bond acceptors (Lipinski definition) is 2. The van der Waals surface area contributed by atoms with Crippen molar-refractivity contribution in [3.8, 4) is 5.75 Å². The first-order valence-corrected chi connectivity index (χ1v) is 5.14. The molecule has 80 valence electrons. The molecule has 0 amide bonds. The van der Waals surface area contributed by atoms with Crippen molar-refractivity contribution in [3.05, 3.63) is 29.3 Å². The number of phenolic OH excluding ortho intramolecular Hbond substituents is 1. The number of carboxylic acid groups (broad SMARTS) is 1. The van der Waals surface area contributed by atoms with Gasteiger partial charge in [-0.25, -0.2) is 0 Å². The fourth-order valence-corrected chi connectivity index (χ4v) is 2.33. The van der Waals surface area contributed by atoms with Crippen LogP contribution in [0.1, 0.15) is 30.4 Å². The Morgan fingerprint density at radius 1 is 1.53 bits per heavy atom. The van der Waals surface area contributed by atoms with Gasteiger partial charge in [-0.1, -0.05) is 13.0 Å². The number of fused-ring (bicyclic) bond motifs is 1. The summed E-state index contributed by atoms with van der Waals surface area (Å²) in [6, 6.07) is 5.22. The molecular weight excluding hydrogens is 192 g/mol. The highest BCUT2D eigenvalue weighted by atomic mass is 16.4. The molecule has 0 spiro atoms. The molecule has 0 radical (unpaired) electrons. The van der Waals surface area contributed by atoms with Gasteiger partial charge in [0.05, 0.1) is 5.92 Å². The van der Waals surface area contributed by atoms with Gasteiger partial charge in [-0.15, -0.1) is 0 Å². The Kier molecular flexibility index (Phi) is 2.39. The molecule has 1 aromatic rings. The topological polar surface area (TPSA) is 57.5 Å². The minimum Gasteiger partial charge on any atom is -0.508 e. The predicted octanol–water partition coefficient (Wildman–Crippen LogP) is 2.14. The summed E-state index contributed by atoms with van der Waals surface area (Å²) < 4.78 is 0. The second-order valence-electron chi connectivity index (χ2n) is 4.16. The van der Waals surface area contributed by atoms with Crippen LogP contribution in [0, 0.1) is 5.92 Å². The Hall–Kier alpha value is -1.51. The summed E-state index contributed by atoms with van der Waals surface area (Å²) in [7, 11) is 0. The number of aliphatic carboxylic acids is 1. The van der Waals surface area contributed by atoms with Gasteiger partial charge in [-0.3, -0.25) is 4.79 Å². The van der Waals surface area contributed by atoms with Crippen LogP contribution in [0.25, 0.3) is 0 Å². The van der Waals surface area contributed by atoms with E-state index in [1.165, 1.54) is 0 Å². The van der Waals surface area contributed by atoms with E-state index in [4.69, 9.17) is 5.11 Å². The van der Waals surface area contributed by atoms with Crippen molar-refractivity contribution >= 4 is 5.97 Å². The number of hydrogen-bond donors (Lipinski definition) is 2. The molecule has 0 saturated carbocycles. The standard InChI is InChI=1S/C12H14O3/c1-7(12(14)15)10-4-2-8-6-9(13)3-5-11(8)10/h3,5-7,10,13H,2,4H2,1H3,(H,14,15). The highest BCUT2D eigenvalue weighted by molar-refractivity contribution is 5.71. The Morgan fingerprint density at radius 3 is 2.93 bits per heavy atom. The van der Waals surface area contributed by atoms with Gasteiger partial charge >= 0.3 is 5.97 Å². The van der Waals surface area contributed by atoms with E-state index in [9.17, 15) is 9.90 Å². The fraction of sp³-hybridized carbons (Fsp3) is 0.417. The molecule has 0 heterocycles. The van der Waals surface area contributed by atoms with Crippen LogP contribution in [-0.4, -0.2) is 16.2 Å². The summed E-state index contributed by atoms with van der Waals surface area (Å²) in [5.74, 6) is -0.743. The van der Waals surface area contributed by atoms with Crippen LogP contribution >= 0.6 is 0 Å². The number of aryl methyl sites for hydroxylation is 1. The first kappa shape index (κ1) is 10.0. The van der Waals surface area contributed by atoms with Crippen molar-refractivity contribution in [1.29, 1.82) is 0 Å². The smallest absolute Gasteiger partial charge is 0.306 e. The number of carbonyl (C=O) groups is 1. The van der Waals surface area contributed by atoms with E-state index >= 15 is 0 Å². The summed E-state index contributed by atoms with van der Waals surface area (Å²) >= 11 is 0. The van der Waals surface area contributed by atoms with Gasteiger partial charge in [0, 0.05) is 0 Å². The minimum atomic E-state index is -0.749. The van der Waals surface area contributed by atoms with E-state index in [1.807, 2.05) is 6.07 Å². The Bertz CT molecular complexity index is 398. The lowest BCUT2D eigenvalue weighted by atomic mass is 9.89. The average molecular weight is 206 g/mol. The van der Waals surface area contributed by atoms with Crippen molar-refractivity contribution in [2.45, 2.75) is 25.7 Å². The van der Waals surface area contributed by atoms with Crippen molar-refractivity contribution in [2.24, 2.45) is 5.92 Å². The third-order valence-corrected chi connectivity index (χ3v) is 3.24. The average Bonchev–Trinajstić information content (AvgIpc) is 2.59. The number of aromatic hydroxyl groups is 1. The Balaban J connectivity index is 2.32. The molecule has 0 fully saturated rings. The van der Waals surface area contributed by atoms with Gasteiger partial charge in [0.2, 0.25) is 0 Å². The Morgan fingerprint density at radius 2 is 2.27 bits per heavy atom. The number of rotatable bonds is 2. The maximum atomic E-state index is 10.9. The van der Waals surface area contributed by atoms with E-state index in [0.29, 0.717) is 0 Å². The van der Waals surface area contributed by atoms with E-state index in [1.54, 1.807) is 19.1 Å². The van der Waals surface area contributed by atoms with Crippen molar-refractivity contribution in [3.63, 3.8) is 0 Å². The molecule has 1 aliphatic rings. The summed E-state index contributed by atoms with van der Waals surface area (Å²) in [5.41, 5.74) is 2.18. The lowest BCUT2D eigenvalue weighted by Gasteiger charge is -2.15. The van der Waals surface area contributed by atoms with Gasteiger partial charge in [-0.2, -0.15) is 0 Å². The van der Waals surface area contributed by atoms with Crippen LogP contribution < -0.4 is 0 Å². The van der Waals surface area contributed by atoms with E-state index in [2.05, 4.69) is 0 Å². The molecule has 2 rings (SSSR count). The van der Waals surface area contributed by atoms with Crippen LogP contribution in [0.2, 0.25) is 0 Å². The quantitative estimate of drug-likeness (QED) is 0.779. The number of benzene rings is 1. The largest absolute Gasteiger partial charge is 0.508 e. The minimum absolute atomic E-state index is 0.0955. The van der Waals surface area contributed by atoms with Gasteiger partial charge in [0.15, 0.2) is 0 Å². The summed E-state index contributed by atoms with van der Waals surface area (Å²) in [5, 5.41) is 18.3. The van der Waals surface area contributed by atoms with Crippen molar-refractivity contribution in [2.75, 3.05) is 0 Å². The first-order chi connectivity index (χ1) is 7.09. The normalized spacial score (nSPS) is 21.0. The highest BCUT2D eigenvalue weighted by Crippen LogP contribution is 2.39. The van der Waals surface area contributed by atoms with Crippen LogP contribution in [-0.2, 0) is 11.2 Å². The summed E-state index contributed by atoms with van der Waals surface area (Å²) in [6.45, 7) is 1.74.